The smallest absolute Gasteiger partial charge is 0.236 e. The van der Waals surface area contributed by atoms with Gasteiger partial charge in [-0.15, -0.1) is 5.10 Å². The van der Waals surface area contributed by atoms with Crippen LogP contribution in [0, 0.1) is 5.92 Å². The Bertz CT molecular complexity index is 383. The van der Waals surface area contributed by atoms with Gasteiger partial charge in [0.05, 0.1) is 5.75 Å². The number of hydrogen-bond donors (Lipinski definition) is 1. The normalized spacial score (nSPS) is 24.2. The summed E-state index contributed by atoms with van der Waals surface area (Å²) in [5.41, 5.74) is 0.925. The fraction of sp³-hybridized carbons (Fsp3) is 0.300. The Hall–Kier alpha value is -1.36. The Morgan fingerprint density at radius 3 is 2.87 bits per heavy atom. The first-order chi connectivity index (χ1) is 7.25. The van der Waals surface area contributed by atoms with Crippen LogP contribution in [0.5, 0.6) is 0 Å². The molecule has 1 fully saturated rings. The van der Waals surface area contributed by atoms with Crippen LogP contribution in [0.15, 0.2) is 34.5 Å². The van der Waals surface area contributed by atoms with Gasteiger partial charge in [0.1, 0.15) is 0 Å². The molecule has 0 radical (unpaired) electrons. The average Bonchev–Trinajstić information content (AvgIpc) is 2.84. The third-order valence-electron chi connectivity index (χ3n) is 2.12. The first-order valence-electron chi connectivity index (χ1n) is 4.65. The second kappa shape index (κ2) is 4.44. The van der Waals surface area contributed by atoms with Crippen molar-refractivity contribution in [3.63, 3.8) is 0 Å². The van der Waals surface area contributed by atoms with Gasteiger partial charge in [-0.25, -0.2) is 0 Å². The molecule has 78 valence electrons. The summed E-state index contributed by atoms with van der Waals surface area (Å²) in [6, 6.07) is 0. The van der Waals surface area contributed by atoms with E-state index in [0.717, 1.165) is 5.71 Å². The molecule has 0 aromatic carbocycles. The first-order valence-corrected chi connectivity index (χ1v) is 5.64. The van der Waals surface area contributed by atoms with Crippen molar-refractivity contribution < 1.29 is 4.79 Å². The number of nitrogens with zero attached hydrogens (tertiary/aromatic N) is 2. The molecule has 0 atom stereocenters. The molecule has 1 amide bonds. The number of hydrogen-bond acceptors (Lipinski definition) is 4. The molecule has 1 aliphatic carbocycles. The predicted molar refractivity (Wildman–Crippen MR) is 62.9 cm³/mol. The minimum atomic E-state index is -0.00717. The topological polar surface area (TPSA) is 53.8 Å². The monoisotopic (exact) mass is 221 g/mol. The molecule has 0 bridgehead atoms. The van der Waals surface area contributed by atoms with Crippen molar-refractivity contribution in [3.05, 3.63) is 24.3 Å². The Morgan fingerprint density at radius 1 is 1.53 bits per heavy atom. The molecule has 0 saturated carbocycles. The summed E-state index contributed by atoms with van der Waals surface area (Å²) >= 11 is 1.38. The van der Waals surface area contributed by atoms with Crippen molar-refractivity contribution >= 4 is 28.5 Å². The maximum Gasteiger partial charge on any atom is 0.236 e. The molecule has 0 aromatic rings. The molecule has 1 heterocycles. The molecule has 2 rings (SSSR count). The van der Waals surface area contributed by atoms with Crippen LogP contribution in [-0.4, -0.2) is 22.5 Å². The largest absolute Gasteiger partial charge is 0.303 e. The number of rotatable bonds is 2. The van der Waals surface area contributed by atoms with Gasteiger partial charge in [0.2, 0.25) is 5.91 Å². The molecule has 5 heteroatoms. The van der Waals surface area contributed by atoms with Crippen LogP contribution in [0.3, 0.4) is 0 Å². The average molecular weight is 221 g/mol. The molecule has 0 spiro atoms. The highest BCUT2D eigenvalue weighted by atomic mass is 32.2. The lowest BCUT2D eigenvalue weighted by Gasteiger charge is -2.01. The molecule has 1 aliphatic heterocycles. The molecule has 4 nitrogen and oxygen atoms in total. The Morgan fingerprint density at radius 2 is 2.27 bits per heavy atom. The summed E-state index contributed by atoms with van der Waals surface area (Å²) in [6.45, 7) is 1.93. The van der Waals surface area contributed by atoms with Crippen LogP contribution in [0.4, 0.5) is 0 Å². The molecule has 2 aliphatic rings. The van der Waals surface area contributed by atoms with Crippen molar-refractivity contribution in [2.45, 2.75) is 6.92 Å². The third kappa shape index (κ3) is 2.56. The predicted octanol–water partition coefficient (Wildman–Crippen LogP) is 1.32. The van der Waals surface area contributed by atoms with Crippen LogP contribution in [0.1, 0.15) is 6.92 Å². The summed E-state index contributed by atoms with van der Waals surface area (Å²) in [5.74, 6) is 0.681. The van der Waals surface area contributed by atoms with Gasteiger partial charge in [-0.3, -0.25) is 4.79 Å². The number of nitrogens with one attached hydrogen (secondary N) is 1. The van der Waals surface area contributed by atoms with Gasteiger partial charge in [0.25, 0.3) is 0 Å². The van der Waals surface area contributed by atoms with E-state index in [9.17, 15) is 4.79 Å². The number of carbonyl (C=O) groups is 1. The molecule has 0 aromatic heterocycles. The number of amidine groups is 1. The Balaban J connectivity index is 2.01. The maximum absolute atomic E-state index is 10.9. The van der Waals surface area contributed by atoms with Crippen molar-refractivity contribution in [2.75, 3.05) is 5.75 Å². The van der Waals surface area contributed by atoms with E-state index in [1.54, 1.807) is 0 Å². The van der Waals surface area contributed by atoms with Gasteiger partial charge < -0.3 is 5.32 Å². The van der Waals surface area contributed by atoms with Crippen molar-refractivity contribution in [1.82, 2.24) is 5.32 Å². The van der Waals surface area contributed by atoms with Gasteiger partial charge in [-0.05, 0) is 6.92 Å². The van der Waals surface area contributed by atoms with Crippen LogP contribution in [-0.2, 0) is 4.79 Å². The van der Waals surface area contributed by atoms with Crippen LogP contribution < -0.4 is 5.32 Å². The Kier molecular flexibility index (Phi) is 3.01. The lowest BCUT2D eigenvalue weighted by molar-refractivity contribution is -0.116. The van der Waals surface area contributed by atoms with E-state index in [1.807, 2.05) is 19.1 Å². The van der Waals surface area contributed by atoms with E-state index in [2.05, 4.69) is 27.7 Å². The number of amides is 1. The highest BCUT2D eigenvalue weighted by Crippen LogP contribution is 2.12. The highest BCUT2D eigenvalue weighted by molar-refractivity contribution is 8.15. The molecule has 1 saturated heterocycles. The first kappa shape index (κ1) is 10.2. The fourth-order valence-electron chi connectivity index (χ4n) is 1.28. The molecular weight excluding hydrogens is 210 g/mol. The molecule has 0 unspecified atom stereocenters. The summed E-state index contributed by atoms with van der Waals surface area (Å²) in [5, 5.41) is 11.3. The van der Waals surface area contributed by atoms with Gasteiger partial charge >= 0.3 is 0 Å². The summed E-state index contributed by atoms with van der Waals surface area (Å²) in [6.07, 6.45) is 8.09. The van der Waals surface area contributed by atoms with Gasteiger partial charge in [-0.2, -0.15) is 5.10 Å². The Labute approximate surface area is 92.2 Å². The zero-order chi connectivity index (χ0) is 10.7. The number of carbonyl (C=O) groups excluding carboxylic acids is 1. The van der Waals surface area contributed by atoms with E-state index in [1.165, 1.54) is 11.8 Å². The highest BCUT2D eigenvalue weighted by Gasteiger charge is 2.16. The van der Waals surface area contributed by atoms with Crippen LogP contribution in [0.2, 0.25) is 0 Å². The third-order valence-corrected chi connectivity index (χ3v) is 2.98. The molecular formula is C10H11N3OS. The van der Waals surface area contributed by atoms with E-state index >= 15 is 0 Å². The number of thioether (sulfide) groups is 1. The van der Waals surface area contributed by atoms with Gasteiger partial charge in [0.15, 0.2) is 5.17 Å². The van der Waals surface area contributed by atoms with Crippen LogP contribution in [0.25, 0.3) is 0 Å². The second-order valence-electron chi connectivity index (χ2n) is 3.28. The van der Waals surface area contributed by atoms with E-state index in [0.29, 0.717) is 10.9 Å². The van der Waals surface area contributed by atoms with Crippen molar-refractivity contribution in [2.24, 2.45) is 16.1 Å². The van der Waals surface area contributed by atoms with E-state index < -0.39 is 0 Å². The summed E-state index contributed by atoms with van der Waals surface area (Å²) in [7, 11) is 0. The summed E-state index contributed by atoms with van der Waals surface area (Å²) < 4.78 is 0. The van der Waals surface area contributed by atoms with Gasteiger partial charge in [0, 0.05) is 11.6 Å². The molecule has 15 heavy (non-hydrogen) atoms. The minimum Gasteiger partial charge on any atom is -0.303 e. The van der Waals surface area contributed by atoms with Crippen LogP contribution >= 0.6 is 11.8 Å². The zero-order valence-corrected chi connectivity index (χ0v) is 9.12. The zero-order valence-electron chi connectivity index (χ0n) is 8.30. The minimum absolute atomic E-state index is 0.00717. The molecule has 1 N–H and O–H groups in total. The van der Waals surface area contributed by atoms with Crippen molar-refractivity contribution in [1.29, 1.82) is 0 Å². The number of allylic oxidation sites excluding steroid dienone is 4. The second-order valence-corrected chi connectivity index (χ2v) is 4.24. The van der Waals surface area contributed by atoms with Gasteiger partial charge in [-0.1, -0.05) is 36.1 Å². The standard InChI is InChI=1S/C10H11N3OS/c1-7(8-4-2-3-5-8)12-13-10-11-9(14)6-15-10/h2-5,8H,6H2,1H3,(H,11,13,14)/b12-7+. The quantitative estimate of drug-likeness (QED) is 0.565. The van der Waals surface area contributed by atoms with Crippen molar-refractivity contribution in [3.8, 4) is 0 Å². The summed E-state index contributed by atoms with van der Waals surface area (Å²) in [4.78, 5) is 10.9. The lowest BCUT2D eigenvalue weighted by Crippen LogP contribution is -2.20. The van der Waals surface area contributed by atoms with E-state index in [-0.39, 0.29) is 11.8 Å². The SMILES string of the molecule is C/C(=N\N=C1/NC(=O)CS1)C1C=CC=C1. The maximum atomic E-state index is 10.9. The fourth-order valence-corrected chi connectivity index (χ4v) is 1.91. The lowest BCUT2D eigenvalue weighted by atomic mass is 10.1. The van der Waals surface area contributed by atoms with E-state index in [4.69, 9.17) is 0 Å².